The molecule has 0 radical (unpaired) electrons. The van der Waals surface area contributed by atoms with Gasteiger partial charge in [-0.1, -0.05) is 0 Å². The minimum atomic E-state index is -0.299. The van der Waals surface area contributed by atoms with E-state index in [2.05, 4.69) is 4.74 Å². The van der Waals surface area contributed by atoms with Gasteiger partial charge in [0.15, 0.2) is 11.4 Å². The maximum absolute atomic E-state index is 11.3. The fourth-order valence-electron chi connectivity index (χ4n) is 1.31. The number of rotatable bonds is 2. The largest absolute Gasteiger partial charge is 0.618 e. The smallest absolute Gasteiger partial charge is 0.309 e. The van der Waals surface area contributed by atoms with E-state index in [9.17, 15) is 10.0 Å². The second-order valence-electron chi connectivity index (χ2n) is 3.19. The summed E-state index contributed by atoms with van der Waals surface area (Å²) in [6, 6.07) is 3.38. The highest BCUT2D eigenvalue weighted by molar-refractivity contribution is 5.72. The number of pyridine rings is 1. The first-order chi connectivity index (χ1) is 6.54. The summed E-state index contributed by atoms with van der Waals surface area (Å²) in [5.74, 6) is -0.299. The van der Waals surface area contributed by atoms with E-state index in [0.717, 1.165) is 10.3 Å². The van der Waals surface area contributed by atoms with Crippen LogP contribution in [0.4, 0.5) is 0 Å². The van der Waals surface area contributed by atoms with Crippen molar-refractivity contribution in [2.24, 2.45) is 0 Å². The number of aromatic nitrogens is 1. The number of hydrogen-bond acceptors (Lipinski definition) is 3. The second-order valence-corrected chi connectivity index (χ2v) is 3.19. The Balaban J connectivity index is 2.95. The van der Waals surface area contributed by atoms with Gasteiger partial charge in [0, 0.05) is 26.0 Å². The Morgan fingerprint density at radius 3 is 2.36 bits per heavy atom. The molecule has 0 atom stereocenters. The van der Waals surface area contributed by atoms with Gasteiger partial charge in [-0.15, -0.1) is 0 Å². The van der Waals surface area contributed by atoms with Crippen molar-refractivity contribution in [3.8, 4) is 0 Å². The third kappa shape index (κ3) is 2.22. The Morgan fingerprint density at radius 1 is 1.43 bits per heavy atom. The Kier molecular flexibility index (Phi) is 3.06. The molecule has 0 aliphatic rings. The van der Waals surface area contributed by atoms with E-state index >= 15 is 0 Å². The number of nitrogens with zero attached hydrogens (tertiary/aromatic N) is 1. The second kappa shape index (κ2) is 4.09. The molecule has 0 fully saturated rings. The fraction of sp³-hybridized carbons (Fsp3) is 0.400. The Bertz CT molecular complexity index is 337. The molecule has 0 N–H and O–H groups in total. The average molecular weight is 195 g/mol. The molecule has 0 amide bonds. The Morgan fingerprint density at radius 2 is 1.93 bits per heavy atom. The molecule has 4 heteroatoms. The lowest BCUT2D eigenvalue weighted by Gasteiger charge is -2.06. The van der Waals surface area contributed by atoms with Crippen LogP contribution in [0, 0.1) is 19.1 Å². The first-order valence-electron chi connectivity index (χ1n) is 4.31. The highest BCUT2D eigenvalue weighted by atomic mass is 16.5. The topological polar surface area (TPSA) is 53.2 Å². The van der Waals surface area contributed by atoms with E-state index in [-0.39, 0.29) is 12.4 Å². The van der Waals surface area contributed by atoms with Crippen LogP contribution >= 0.6 is 0 Å². The van der Waals surface area contributed by atoms with Gasteiger partial charge >= 0.3 is 5.97 Å². The molecule has 4 nitrogen and oxygen atoms in total. The van der Waals surface area contributed by atoms with Crippen LogP contribution in [0.1, 0.15) is 17.0 Å². The van der Waals surface area contributed by atoms with Crippen molar-refractivity contribution >= 4 is 5.97 Å². The summed E-state index contributed by atoms with van der Waals surface area (Å²) >= 11 is 0. The Labute approximate surface area is 82.7 Å². The summed E-state index contributed by atoms with van der Waals surface area (Å²) in [5, 5.41) is 11.3. The van der Waals surface area contributed by atoms with Gasteiger partial charge in [0.2, 0.25) is 0 Å². The number of aryl methyl sites for hydroxylation is 2. The van der Waals surface area contributed by atoms with Crippen molar-refractivity contribution in [3.05, 3.63) is 34.3 Å². The number of ether oxygens (including phenoxy) is 1. The van der Waals surface area contributed by atoms with E-state index in [1.165, 1.54) is 7.11 Å². The van der Waals surface area contributed by atoms with Crippen LogP contribution in [-0.4, -0.2) is 13.1 Å². The van der Waals surface area contributed by atoms with Gasteiger partial charge in [-0.25, -0.2) is 0 Å². The summed E-state index contributed by atoms with van der Waals surface area (Å²) in [6.07, 6.45) is 0.207. The van der Waals surface area contributed by atoms with Gasteiger partial charge in [0.25, 0.3) is 0 Å². The van der Waals surface area contributed by atoms with Crippen molar-refractivity contribution < 1.29 is 14.3 Å². The molecule has 1 rings (SSSR count). The highest BCUT2D eigenvalue weighted by Crippen LogP contribution is 2.04. The first kappa shape index (κ1) is 10.5. The van der Waals surface area contributed by atoms with Gasteiger partial charge in [-0.3, -0.25) is 4.79 Å². The number of methoxy groups -OCH3 is 1. The van der Waals surface area contributed by atoms with Gasteiger partial charge < -0.3 is 9.94 Å². The zero-order valence-corrected chi connectivity index (χ0v) is 8.53. The van der Waals surface area contributed by atoms with Crippen molar-refractivity contribution in [1.29, 1.82) is 0 Å². The number of carbonyl (C=O) groups is 1. The quantitative estimate of drug-likeness (QED) is 0.395. The van der Waals surface area contributed by atoms with Gasteiger partial charge in [-0.05, 0) is 5.56 Å². The highest BCUT2D eigenvalue weighted by Gasteiger charge is 2.09. The molecule has 0 aliphatic heterocycles. The molecule has 0 bridgehead atoms. The van der Waals surface area contributed by atoms with Crippen LogP contribution in [0.25, 0.3) is 0 Å². The minimum Gasteiger partial charge on any atom is -0.618 e. The van der Waals surface area contributed by atoms with Crippen LogP contribution < -0.4 is 4.73 Å². The lowest BCUT2D eigenvalue weighted by Crippen LogP contribution is -2.33. The molecular weight excluding hydrogens is 182 g/mol. The predicted octanol–water partition coefficient (Wildman–Crippen LogP) is 0.652. The molecule has 0 aromatic carbocycles. The molecule has 0 unspecified atom stereocenters. The van der Waals surface area contributed by atoms with E-state index in [1.807, 2.05) is 0 Å². The molecule has 1 heterocycles. The molecule has 0 aliphatic carbocycles. The molecule has 14 heavy (non-hydrogen) atoms. The molecule has 0 spiro atoms. The maximum Gasteiger partial charge on any atom is 0.309 e. The van der Waals surface area contributed by atoms with Crippen LogP contribution in [0.5, 0.6) is 0 Å². The van der Waals surface area contributed by atoms with Gasteiger partial charge in [-0.2, -0.15) is 4.73 Å². The summed E-state index contributed by atoms with van der Waals surface area (Å²) in [7, 11) is 1.35. The lowest BCUT2D eigenvalue weighted by atomic mass is 10.1. The monoisotopic (exact) mass is 195 g/mol. The molecule has 1 aromatic rings. The van der Waals surface area contributed by atoms with Crippen LogP contribution in [0.2, 0.25) is 0 Å². The number of hydrogen-bond donors (Lipinski definition) is 0. The van der Waals surface area contributed by atoms with E-state index in [4.69, 9.17) is 0 Å². The zero-order valence-electron chi connectivity index (χ0n) is 8.53. The minimum absolute atomic E-state index is 0.207. The average Bonchev–Trinajstić information content (AvgIpc) is 2.14. The van der Waals surface area contributed by atoms with Crippen molar-refractivity contribution in [3.63, 3.8) is 0 Å². The summed E-state index contributed by atoms with van der Waals surface area (Å²) in [6.45, 7) is 3.42. The van der Waals surface area contributed by atoms with E-state index < -0.39 is 0 Å². The van der Waals surface area contributed by atoms with Gasteiger partial charge in [0.05, 0.1) is 13.5 Å². The van der Waals surface area contributed by atoms with Crippen LogP contribution in [-0.2, 0) is 16.0 Å². The maximum atomic E-state index is 11.3. The molecule has 0 saturated heterocycles. The van der Waals surface area contributed by atoms with Crippen LogP contribution in [0.15, 0.2) is 12.1 Å². The summed E-state index contributed by atoms with van der Waals surface area (Å²) in [5.41, 5.74) is 1.98. The lowest BCUT2D eigenvalue weighted by molar-refractivity contribution is -0.619. The van der Waals surface area contributed by atoms with E-state index in [0.29, 0.717) is 11.4 Å². The van der Waals surface area contributed by atoms with Crippen molar-refractivity contribution in [1.82, 2.24) is 0 Å². The van der Waals surface area contributed by atoms with Crippen LogP contribution in [0.3, 0.4) is 0 Å². The standard InChI is InChI=1S/C10H13NO3/c1-7-4-9(6-10(12)14-3)5-8(2)11(7)13/h4-5H,6H2,1-3H3. The van der Waals surface area contributed by atoms with E-state index in [1.54, 1.807) is 26.0 Å². The summed E-state index contributed by atoms with van der Waals surface area (Å²) in [4.78, 5) is 11.0. The predicted molar refractivity (Wildman–Crippen MR) is 50.6 cm³/mol. The summed E-state index contributed by atoms with van der Waals surface area (Å²) < 4.78 is 5.37. The SMILES string of the molecule is COC(=O)Cc1cc(C)[n+]([O-])c(C)c1. The number of carbonyl (C=O) groups excluding carboxylic acids is 1. The molecule has 1 aromatic heterocycles. The first-order valence-corrected chi connectivity index (χ1v) is 4.31. The van der Waals surface area contributed by atoms with Crippen molar-refractivity contribution in [2.45, 2.75) is 20.3 Å². The number of esters is 1. The van der Waals surface area contributed by atoms with Crippen molar-refractivity contribution in [2.75, 3.05) is 7.11 Å². The zero-order chi connectivity index (χ0) is 10.7. The molecule has 0 saturated carbocycles. The third-order valence-electron chi connectivity index (χ3n) is 2.01. The molecule has 76 valence electrons. The van der Waals surface area contributed by atoms with Gasteiger partial charge in [0.1, 0.15) is 0 Å². The Hall–Kier alpha value is -1.58. The third-order valence-corrected chi connectivity index (χ3v) is 2.01. The normalized spacial score (nSPS) is 9.93. The molecular formula is C10H13NO3. The fourth-order valence-corrected chi connectivity index (χ4v) is 1.31.